The second kappa shape index (κ2) is 8.81. The third-order valence-electron chi connectivity index (χ3n) is 6.32. The lowest BCUT2D eigenvalue weighted by Gasteiger charge is -2.31. The van der Waals surface area contributed by atoms with Crippen molar-refractivity contribution < 1.29 is 27.1 Å². The van der Waals surface area contributed by atoms with Gasteiger partial charge in [-0.1, -0.05) is 0 Å². The summed E-state index contributed by atoms with van der Waals surface area (Å²) in [6.45, 7) is -0.0722. The van der Waals surface area contributed by atoms with Gasteiger partial charge in [0.05, 0.1) is 36.8 Å². The second-order valence-corrected chi connectivity index (χ2v) is 8.49. The molecule has 2 fully saturated rings. The minimum Gasteiger partial charge on any atom is -0.382 e. The van der Waals surface area contributed by atoms with Crippen LogP contribution in [0.3, 0.4) is 0 Å². The van der Waals surface area contributed by atoms with E-state index in [1.165, 1.54) is 22.7 Å². The Bertz CT molecular complexity index is 961. The number of alkyl halides is 4. The van der Waals surface area contributed by atoms with Gasteiger partial charge in [0.15, 0.2) is 5.65 Å². The number of hydrogen-bond acceptors (Lipinski definition) is 5. The van der Waals surface area contributed by atoms with Gasteiger partial charge in [-0.2, -0.15) is 5.10 Å². The van der Waals surface area contributed by atoms with E-state index in [0.29, 0.717) is 29.7 Å². The first kappa shape index (κ1) is 22.7. The zero-order valence-electron chi connectivity index (χ0n) is 17.6. The number of nitrogens with one attached hydrogen (secondary N) is 1. The molecule has 12 heteroatoms. The number of carbonyl (C=O) groups excluding carboxylic acids is 1. The first-order chi connectivity index (χ1) is 15.2. The molecule has 1 saturated heterocycles. The highest BCUT2D eigenvalue weighted by Crippen LogP contribution is 2.40. The fraction of sp³-hybridized carbons (Fsp3) is 0.650. The van der Waals surface area contributed by atoms with E-state index in [1.54, 1.807) is 12.3 Å². The van der Waals surface area contributed by atoms with Crippen LogP contribution >= 0.6 is 0 Å². The summed E-state index contributed by atoms with van der Waals surface area (Å²) in [6, 6.07) is -1.28. The molecular formula is C20H26F4N6O2. The number of imidazole rings is 1. The first-order valence-electron chi connectivity index (χ1n) is 10.5. The number of hydrogen-bond donors (Lipinski definition) is 2. The largest absolute Gasteiger partial charge is 0.382 e. The standard InChI is InChI=1S/C20H26F4N6O2/c1-32-10-15(29-8-14(18(21)22)28-19(29)31)12-6-16-27-13(9-30(16)26-7-12)17(25)11-2-4-20(23,24)5-3-11/h6-7,9,11,14-15,17-18H,2-5,8,10,25H2,1H3,(H,28,31)/t14?,15-,17+/m1/s1. The van der Waals surface area contributed by atoms with Crippen molar-refractivity contribution >= 4 is 11.7 Å². The van der Waals surface area contributed by atoms with Gasteiger partial charge in [-0.05, 0) is 24.8 Å². The van der Waals surface area contributed by atoms with Crippen molar-refractivity contribution in [3.63, 3.8) is 0 Å². The van der Waals surface area contributed by atoms with Gasteiger partial charge >= 0.3 is 6.03 Å². The Morgan fingerprint density at radius 1 is 1.34 bits per heavy atom. The summed E-state index contributed by atoms with van der Waals surface area (Å²) in [7, 11) is 1.46. The Balaban J connectivity index is 1.55. The molecule has 3 heterocycles. The summed E-state index contributed by atoms with van der Waals surface area (Å²) in [4.78, 5) is 18.1. The molecule has 3 atom stereocenters. The van der Waals surface area contributed by atoms with E-state index in [1.807, 2.05) is 0 Å². The van der Waals surface area contributed by atoms with Crippen LogP contribution in [0.25, 0.3) is 5.65 Å². The van der Waals surface area contributed by atoms with Crippen LogP contribution in [0.5, 0.6) is 0 Å². The average molecular weight is 458 g/mol. The van der Waals surface area contributed by atoms with Gasteiger partial charge in [-0.3, -0.25) is 0 Å². The molecule has 3 N–H and O–H groups in total. The van der Waals surface area contributed by atoms with Crippen LogP contribution in [0.15, 0.2) is 18.5 Å². The number of nitrogens with two attached hydrogens (primary N) is 1. The van der Waals surface area contributed by atoms with Gasteiger partial charge in [-0.15, -0.1) is 0 Å². The smallest absolute Gasteiger partial charge is 0.318 e. The summed E-state index contributed by atoms with van der Waals surface area (Å²) < 4.78 is 59.8. The van der Waals surface area contributed by atoms with Gasteiger partial charge in [0, 0.05) is 32.1 Å². The maximum absolute atomic E-state index is 13.5. The molecule has 32 heavy (non-hydrogen) atoms. The molecule has 0 spiro atoms. The molecule has 1 unspecified atom stereocenters. The van der Waals surface area contributed by atoms with Crippen LogP contribution in [0, 0.1) is 5.92 Å². The number of nitrogens with zero attached hydrogens (tertiary/aromatic N) is 4. The van der Waals surface area contributed by atoms with Gasteiger partial charge < -0.3 is 20.7 Å². The lowest BCUT2D eigenvalue weighted by Crippen LogP contribution is -2.34. The molecule has 0 radical (unpaired) electrons. The summed E-state index contributed by atoms with van der Waals surface area (Å²) in [5.74, 6) is -2.73. The van der Waals surface area contributed by atoms with Crippen molar-refractivity contribution in [3.05, 3.63) is 29.7 Å². The van der Waals surface area contributed by atoms with Crippen molar-refractivity contribution in [3.8, 4) is 0 Å². The van der Waals surface area contributed by atoms with Crippen LogP contribution < -0.4 is 11.1 Å². The Kier molecular flexibility index (Phi) is 6.26. The van der Waals surface area contributed by atoms with Crippen LogP contribution in [-0.2, 0) is 4.74 Å². The highest BCUT2D eigenvalue weighted by Gasteiger charge is 2.39. The SMILES string of the molecule is COC[C@H](c1cnn2cc([C@@H](N)C3CCC(F)(F)CC3)nc2c1)N1CC(C(F)F)NC1=O. The molecule has 1 aliphatic heterocycles. The summed E-state index contributed by atoms with van der Waals surface area (Å²) >= 11 is 0. The fourth-order valence-corrected chi connectivity index (χ4v) is 4.43. The number of fused-ring (bicyclic) bond motifs is 1. The topological polar surface area (TPSA) is 97.8 Å². The van der Waals surface area contributed by atoms with Crippen molar-refractivity contribution in [1.29, 1.82) is 0 Å². The van der Waals surface area contributed by atoms with E-state index in [-0.39, 0.29) is 31.9 Å². The first-order valence-corrected chi connectivity index (χ1v) is 10.5. The predicted molar refractivity (Wildman–Crippen MR) is 106 cm³/mol. The maximum atomic E-state index is 13.5. The molecule has 176 valence electrons. The number of aromatic nitrogens is 3. The zero-order chi connectivity index (χ0) is 23.0. The van der Waals surface area contributed by atoms with Gasteiger partial charge in [-0.25, -0.2) is 31.9 Å². The Labute approximate surface area is 182 Å². The zero-order valence-corrected chi connectivity index (χ0v) is 17.6. The quantitative estimate of drug-likeness (QED) is 0.622. The summed E-state index contributed by atoms with van der Waals surface area (Å²) in [5.41, 5.74) is 7.91. The number of methoxy groups -OCH3 is 1. The van der Waals surface area contributed by atoms with Crippen molar-refractivity contribution in [2.75, 3.05) is 20.3 Å². The normalized spacial score (nSPS) is 23.7. The maximum Gasteiger partial charge on any atom is 0.318 e. The minimum atomic E-state index is -2.68. The third-order valence-corrected chi connectivity index (χ3v) is 6.32. The molecular weight excluding hydrogens is 432 g/mol. The lowest BCUT2D eigenvalue weighted by molar-refractivity contribution is -0.0484. The molecule has 4 rings (SSSR count). The molecule has 2 amide bonds. The highest BCUT2D eigenvalue weighted by molar-refractivity contribution is 5.77. The number of halogens is 4. The lowest BCUT2D eigenvalue weighted by atomic mass is 9.81. The van der Waals surface area contributed by atoms with Crippen LogP contribution in [0.4, 0.5) is 22.4 Å². The van der Waals surface area contributed by atoms with Crippen LogP contribution in [0.2, 0.25) is 0 Å². The predicted octanol–water partition coefficient (Wildman–Crippen LogP) is 2.90. The fourth-order valence-electron chi connectivity index (χ4n) is 4.43. The summed E-state index contributed by atoms with van der Waals surface area (Å²) in [6.07, 6.45) is 0.797. The average Bonchev–Trinajstić information content (AvgIpc) is 3.34. The Morgan fingerprint density at radius 2 is 2.06 bits per heavy atom. The molecule has 1 saturated carbocycles. The van der Waals surface area contributed by atoms with Crippen molar-refractivity contribution in [2.24, 2.45) is 11.7 Å². The molecule has 2 aliphatic rings. The summed E-state index contributed by atoms with van der Waals surface area (Å²) in [5, 5.41) is 6.60. The number of carbonyl (C=O) groups is 1. The van der Waals surface area contributed by atoms with Gasteiger partial charge in [0.25, 0.3) is 6.43 Å². The molecule has 8 nitrogen and oxygen atoms in total. The molecule has 0 bridgehead atoms. The minimum absolute atomic E-state index is 0.0879. The second-order valence-electron chi connectivity index (χ2n) is 8.49. The van der Waals surface area contributed by atoms with E-state index in [0.717, 1.165) is 0 Å². The molecule has 2 aromatic rings. The van der Waals surface area contributed by atoms with Gasteiger partial charge in [0.1, 0.15) is 6.04 Å². The van der Waals surface area contributed by atoms with Crippen LogP contribution in [0.1, 0.15) is 49.0 Å². The van der Waals surface area contributed by atoms with E-state index in [9.17, 15) is 22.4 Å². The Morgan fingerprint density at radius 3 is 2.69 bits per heavy atom. The third kappa shape index (κ3) is 4.51. The van der Waals surface area contributed by atoms with Gasteiger partial charge in [0.2, 0.25) is 5.92 Å². The molecule has 1 aliphatic carbocycles. The monoisotopic (exact) mass is 458 g/mol. The van der Waals surface area contributed by atoms with Crippen molar-refractivity contribution in [1.82, 2.24) is 24.8 Å². The van der Waals surface area contributed by atoms with E-state index < -0.39 is 36.5 Å². The number of rotatable bonds is 7. The van der Waals surface area contributed by atoms with E-state index in [4.69, 9.17) is 10.5 Å². The number of urea groups is 1. The van der Waals surface area contributed by atoms with E-state index in [2.05, 4.69) is 15.4 Å². The number of ether oxygens (including phenoxy) is 1. The van der Waals surface area contributed by atoms with E-state index >= 15 is 0 Å². The Hall–Kier alpha value is -2.47. The molecule has 2 aromatic heterocycles. The number of amides is 2. The highest BCUT2D eigenvalue weighted by atomic mass is 19.3. The van der Waals surface area contributed by atoms with Crippen molar-refractivity contribution in [2.45, 2.75) is 56.2 Å². The van der Waals surface area contributed by atoms with Crippen LogP contribution in [-0.4, -0.2) is 64.2 Å². The molecule has 0 aromatic carbocycles.